The van der Waals surface area contributed by atoms with Crippen molar-refractivity contribution in [1.29, 1.82) is 0 Å². The summed E-state index contributed by atoms with van der Waals surface area (Å²) in [4.78, 5) is 96.6. The van der Waals surface area contributed by atoms with Crippen LogP contribution in [0.2, 0.25) is 5.15 Å². The van der Waals surface area contributed by atoms with Gasteiger partial charge in [-0.05, 0) is 17.9 Å². The van der Waals surface area contributed by atoms with E-state index in [2.05, 4.69) is 46.9 Å². The summed E-state index contributed by atoms with van der Waals surface area (Å²) < 4.78 is 0. The van der Waals surface area contributed by atoms with Crippen LogP contribution in [0.4, 0.5) is 11.6 Å². The second-order valence-corrected chi connectivity index (χ2v) is 11.3. The number of nitrogens with zero attached hydrogens (tertiary/aromatic N) is 3. The lowest BCUT2D eigenvalue weighted by Crippen LogP contribution is -2.54. The normalized spacial score (nSPS) is 11.2. The molecule has 52 heavy (non-hydrogen) atoms. The van der Waals surface area contributed by atoms with Gasteiger partial charge in [-0.1, -0.05) is 55.8 Å². The molecule has 2 rings (SSSR count). The van der Waals surface area contributed by atoms with Crippen molar-refractivity contribution < 1.29 is 38.7 Å². The number of aliphatic imine (C=N–C) groups is 1. The Hall–Kier alpha value is -5.35. The Kier molecular flexibility index (Phi) is 20.8. The summed E-state index contributed by atoms with van der Waals surface area (Å²) >= 11 is 5.97. The lowest BCUT2D eigenvalue weighted by atomic mass is 10.0. The second-order valence-electron chi connectivity index (χ2n) is 11.0. The Labute approximate surface area is 317 Å². The Bertz CT molecular complexity index is 1610. The van der Waals surface area contributed by atoms with Gasteiger partial charge in [-0.2, -0.15) is 32.0 Å². The number of nitrogens with two attached hydrogens (primary N) is 3. The lowest BCUT2D eigenvalue weighted by Gasteiger charge is -2.22. The first-order valence-electron chi connectivity index (χ1n) is 14.9. The first-order valence-corrected chi connectivity index (χ1v) is 15.3. The van der Waals surface area contributed by atoms with Crippen LogP contribution in [0.25, 0.3) is 0 Å². The zero-order chi connectivity index (χ0) is 37.4. The molecule has 2 aromatic rings. The monoisotopic (exact) mass is 786 g/mol. The Balaban J connectivity index is 0.0000130. The highest BCUT2D eigenvalue weighted by Gasteiger charge is 2.27. The van der Waals surface area contributed by atoms with Gasteiger partial charge in [-0.25, -0.2) is 14.8 Å². The van der Waals surface area contributed by atoms with Crippen LogP contribution in [-0.4, -0.2) is 101 Å². The molecule has 0 radical (unpaired) electrons. The molecule has 0 unspecified atom stereocenters. The van der Waals surface area contributed by atoms with Crippen molar-refractivity contribution in [3.05, 3.63) is 46.7 Å². The molecular weight excluding hydrogens is 744 g/mol. The van der Waals surface area contributed by atoms with E-state index in [1.54, 1.807) is 30.3 Å². The van der Waals surface area contributed by atoms with E-state index >= 15 is 0 Å². The lowest BCUT2D eigenvalue weighted by molar-refractivity contribution is -0.142. The smallest absolute Gasteiger partial charge is 0.326 e. The summed E-state index contributed by atoms with van der Waals surface area (Å²) in [5.74, 6) is -6.88. The van der Waals surface area contributed by atoms with Crippen molar-refractivity contribution in [3.8, 4) is 0 Å². The molecule has 0 spiro atoms. The fourth-order valence-electron chi connectivity index (χ4n) is 4.03. The van der Waals surface area contributed by atoms with Gasteiger partial charge >= 0.3 is 11.9 Å². The van der Waals surface area contributed by atoms with E-state index in [-0.39, 0.29) is 62.5 Å². The number of hydrogen-bond donors (Lipinski definition) is 10. The highest BCUT2D eigenvalue weighted by molar-refractivity contribution is 7.59. The number of anilines is 2. The molecule has 2 atom stereocenters. The Morgan fingerprint density at radius 1 is 0.808 bits per heavy atom. The summed E-state index contributed by atoms with van der Waals surface area (Å²) in [6, 6.07) is 6.43. The van der Waals surface area contributed by atoms with Crippen LogP contribution >= 0.6 is 38.6 Å². The number of carboxylic acids is 1. The number of benzene rings is 1. The van der Waals surface area contributed by atoms with Gasteiger partial charge < -0.3 is 54.2 Å². The first-order chi connectivity index (χ1) is 23.5. The maximum atomic E-state index is 13.0. The number of carbonyl (C=O) groups excluding carboxylic acids is 6. The molecule has 13 N–H and O–H groups in total. The number of nitrogens with one attached hydrogen (secondary N) is 6. The van der Waals surface area contributed by atoms with Crippen molar-refractivity contribution >= 4 is 97.6 Å². The quantitative estimate of drug-likeness (QED) is 0.0550. The fourth-order valence-corrected chi connectivity index (χ4v) is 4.22. The summed E-state index contributed by atoms with van der Waals surface area (Å²) in [5.41, 5.74) is 16.3. The largest absolute Gasteiger partial charge is 0.480 e. The van der Waals surface area contributed by atoms with Crippen LogP contribution in [0, 0.1) is 5.92 Å². The van der Waals surface area contributed by atoms with Gasteiger partial charge in [-0.3, -0.25) is 28.8 Å². The van der Waals surface area contributed by atoms with Crippen LogP contribution in [0.1, 0.15) is 36.3 Å². The molecule has 1 heterocycles. The Morgan fingerprint density at radius 3 is 1.87 bits per heavy atom. The van der Waals surface area contributed by atoms with Crippen molar-refractivity contribution in [2.45, 2.75) is 38.8 Å². The molecule has 0 aliphatic rings. The van der Waals surface area contributed by atoms with Gasteiger partial charge in [0.1, 0.15) is 12.1 Å². The van der Waals surface area contributed by atoms with Crippen LogP contribution in [0.5, 0.6) is 0 Å². The fraction of sp³-hybridized carbons (Fsp3) is 0.379. The first kappa shape index (κ1) is 46.6. The van der Waals surface area contributed by atoms with Crippen molar-refractivity contribution in [1.82, 2.24) is 36.6 Å². The van der Waals surface area contributed by atoms with Crippen molar-refractivity contribution in [2.75, 3.05) is 37.2 Å². The van der Waals surface area contributed by atoms with Crippen molar-refractivity contribution in [2.24, 2.45) is 22.4 Å². The van der Waals surface area contributed by atoms with Gasteiger partial charge in [0.05, 0.1) is 26.2 Å². The predicted molar refractivity (Wildman–Crippen MR) is 201 cm³/mol. The Morgan fingerprint density at radius 2 is 1.35 bits per heavy atom. The molecule has 1 aromatic carbocycles. The van der Waals surface area contributed by atoms with Gasteiger partial charge in [0, 0.05) is 6.42 Å². The summed E-state index contributed by atoms with van der Waals surface area (Å²) in [5, 5.41) is 23.6. The molecule has 23 heteroatoms. The average Bonchev–Trinajstić information content (AvgIpc) is 3.04. The number of aromatic nitrogens is 2. The SMILES string of the molecule is CC(C)C[C@H](NC(=O)[C@H](Cc1ccccc1)NC(=O)CNC(=O)CNC(=O)CNC(=O)CNc1nc(N)c(C(=O)N=C(N)N)nc1Cl)C(=O)O.S.S. The average molecular weight is 787 g/mol. The third kappa shape index (κ3) is 17.0. The number of carboxylic acid groups (broad SMARTS) is 1. The molecule has 1 aromatic heterocycles. The minimum Gasteiger partial charge on any atom is -0.480 e. The second kappa shape index (κ2) is 23.2. The van der Waals surface area contributed by atoms with E-state index in [1.165, 1.54) is 0 Å². The van der Waals surface area contributed by atoms with Gasteiger partial charge in [0.15, 0.2) is 28.4 Å². The number of carbonyl (C=O) groups is 7. The molecular formula is C29H43ClN12O8S2. The highest BCUT2D eigenvalue weighted by Crippen LogP contribution is 2.20. The number of aliphatic carboxylic acids is 1. The molecule has 0 saturated heterocycles. The maximum absolute atomic E-state index is 13.0. The topological polar surface area (TPSA) is 328 Å². The number of rotatable bonds is 18. The molecule has 6 amide bonds. The van der Waals surface area contributed by atoms with Gasteiger partial charge in [-0.15, -0.1) is 0 Å². The van der Waals surface area contributed by atoms with Crippen LogP contribution in [-0.2, 0) is 35.2 Å². The van der Waals surface area contributed by atoms with Crippen LogP contribution in [0.3, 0.4) is 0 Å². The number of guanidine groups is 1. The third-order valence-corrected chi connectivity index (χ3v) is 6.59. The zero-order valence-electron chi connectivity index (χ0n) is 28.1. The molecule has 20 nitrogen and oxygen atoms in total. The molecule has 0 aliphatic carbocycles. The molecule has 0 saturated carbocycles. The number of halogens is 1. The van der Waals surface area contributed by atoms with E-state index in [0.29, 0.717) is 5.56 Å². The van der Waals surface area contributed by atoms with E-state index in [0.717, 1.165) is 0 Å². The third-order valence-electron chi connectivity index (χ3n) is 6.32. The van der Waals surface area contributed by atoms with Crippen LogP contribution < -0.4 is 49.1 Å². The summed E-state index contributed by atoms with van der Waals surface area (Å²) in [6.07, 6.45) is 0.233. The number of amides is 6. The van der Waals surface area contributed by atoms with Gasteiger partial charge in [0.2, 0.25) is 29.5 Å². The number of hydrogen-bond acceptors (Lipinski definition) is 11. The highest BCUT2D eigenvalue weighted by atomic mass is 35.5. The van der Waals surface area contributed by atoms with E-state index in [1.807, 2.05) is 13.8 Å². The minimum absolute atomic E-state index is 0. The van der Waals surface area contributed by atoms with Crippen molar-refractivity contribution in [3.63, 3.8) is 0 Å². The van der Waals surface area contributed by atoms with E-state index < -0.39 is 91.3 Å². The van der Waals surface area contributed by atoms with Crippen LogP contribution in [0.15, 0.2) is 35.3 Å². The maximum Gasteiger partial charge on any atom is 0.326 e. The predicted octanol–water partition coefficient (Wildman–Crippen LogP) is -2.55. The molecule has 0 fully saturated rings. The zero-order valence-corrected chi connectivity index (χ0v) is 30.9. The minimum atomic E-state index is -1.21. The number of nitrogen functional groups attached to an aromatic ring is 1. The molecule has 286 valence electrons. The summed E-state index contributed by atoms with van der Waals surface area (Å²) in [7, 11) is 0. The summed E-state index contributed by atoms with van der Waals surface area (Å²) in [6.45, 7) is 1.57. The van der Waals surface area contributed by atoms with E-state index in [4.69, 9.17) is 28.8 Å². The molecule has 0 bridgehead atoms. The van der Waals surface area contributed by atoms with E-state index in [9.17, 15) is 38.7 Å². The van der Waals surface area contributed by atoms with Gasteiger partial charge in [0.25, 0.3) is 0 Å². The molecule has 0 aliphatic heterocycles. The standard InChI is InChI=1S/C29H39ClN12O8.2H2S/c1-14(2)8-17(28(49)50)39-26(47)16(9-15-6-4-3-5-7-15)38-21(46)13-36-19(44)11-34-18(43)10-35-20(45)12-37-25-23(30)40-22(24(31)41-25)27(48)42-29(32)33;;/h3-7,14,16-17H,8-13H2,1-2H3,(H,34,43)(H,35,45)(H,36,44)(H,38,46)(H,39,47)(H,49,50)(H3,31,37,41)(H4,32,33,42,48);2*1H2/t16-,17-;;/m0../s1.